The van der Waals surface area contributed by atoms with Crippen LogP contribution in [0.2, 0.25) is 0 Å². The Morgan fingerprint density at radius 2 is 2.29 bits per heavy atom. The van der Waals surface area contributed by atoms with Gasteiger partial charge >= 0.3 is 0 Å². The van der Waals surface area contributed by atoms with Gasteiger partial charge in [0.25, 0.3) is 10.1 Å². The molecule has 1 atom stereocenters. The van der Waals surface area contributed by atoms with E-state index >= 15 is 0 Å². The second kappa shape index (κ2) is 6.39. The number of ether oxygens (including phenoxy) is 1. The SMILES string of the molecule is CS(=O)(=O)OCC(=O)C1OCCN1c1ccc(Br)c(F)c1. The van der Waals surface area contributed by atoms with Crippen LogP contribution in [0.5, 0.6) is 0 Å². The lowest BCUT2D eigenvalue weighted by atomic mass is 10.2. The average molecular weight is 382 g/mol. The predicted molar refractivity (Wildman–Crippen MR) is 77.0 cm³/mol. The van der Waals surface area contributed by atoms with Crippen LogP contribution in [0, 0.1) is 5.82 Å². The molecule has 0 N–H and O–H groups in total. The summed E-state index contributed by atoms with van der Waals surface area (Å²) in [6, 6.07) is 4.44. The van der Waals surface area contributed by atoms with Gasteiger partial charge < -0.3 is 9.64 Å². The van der Waals surface area contributed by atoms with Crippen LogP contribution in [0.1, 0.15) is 0 Å². The van der Waals surface area contributed by atoms with Gasteiger partial charge in [-0.3, -0.25) is 8.98 Å². The van der Waals surface area contributed by atoms with Crippen molar-refractivity contribution in [2.45, 2.75) is 6.23 Å². The molecule has 2 rings (SSSR count). The third kappa shape index (κ3) is 4.22. The van der Waals surface area contributed by atoms with Crippen molar-refractivity contribution in [2.24, 2.45) is 0 Å². The van der Waals surface area contributed by atoms with E-state index in [4.69, 9.17) is 4.74 Å². The molecule has 1 saturated heterocycles. The summed E-state index contributed by atoms with van der Waals surface area (Å²) in [5.74, 6) is -1.00. The Morgan fingerprint density at radius 1 is 1.57 bits per heavy atom. The molecule has 1 aromatic carbocycles. The molecular formula is C12H13BrFNO5S. The van der Waals surface area contributed by atoms with E-state index in [-0.39, 0.29) is 6.61 Å². The van der Waals surface area contributed by atoms with Crippen molar-refractivity contribution in [1.82, 2.24) is 0 Å². The Hall–Kier alpha value is -1.03. The molecule has 21 heavy (non-hydrogen) atoms. The predicted octanol–water partition coefficient (Wildman–Crippen LogP) is 1.30. The molecule has 1 heterocycles. The van der Waals surface area contributed by atoms with Crippen molar-refractivity contribution in [1.29, 1.82) is 0 Å². The molecule has 0 aromatic heterocycles. The van der Waals surface area contributed by atoms with E-state index in [1.807, 2.05) is 0 Å². The second-order valence-corrected chi connectivity index (χ2v) is 6.95. The number of Topliss-reactive ketones (excluding diaryl/α,β-unsaturated/α-hetero) is 1. The van der Waals surface area contributed by atoms with Gasteiger partial charge in [0.15, 0.2) is 6.23 Å². The summed E-state index contributed by atoms with van der Waals surface area (Å²) in [4.78, 5) is 13.5. The third-order valence-electron chi connectivity index (χ3n) is 2.82. The number of hydrogen-bond acceptors (Lipinski definition) is 6. The van der Waals surface area contributed by atoms with Gasteiger partial charge in [0.1, 0.15) is 12.4 Å². The van der Waals surface area contributed by atoms with E-state index in [1.54, 1.807) is 11.0 Å². The molecule has 0 bridgehead atoms. The molecule has 1 aromatic rings. The van der Waals surface area contributed by atoms with Gasteiger partial charge in [-0.05, 0) is 34.1 Å². The number of ketones is 1. The molecule has 0 saturated carbocycles. The number of carbonyl (C=O) groups is 1. The van der Waals surface area contributed by atoms with Crippen molar-refractivity contribution >= 4 is 37.5 Å². The summed E-state index contributed by atoms with van der Waals surface area (Å²) in [7, 11) is -3.70. The highest BCUT2D eigenvalue weighted by atomic mass is 79.9. The molecule has 1 fully saturated rings. The first-order chi connectivity index (χ1) is 9.78. The van der Waals surface area contributed by atoms with Crippen molar-refractivity contribution in [3.8, 4) is 0 Å². The van der Waals surface area contributed by atoms with Gasteiger partial charge in [-0.25, -0.2) is 4.39 Å². The topological polar surface area (TPSA) is 72.9 Å². The minimum atomic E-state index is -3.70. The molecule has 1 unspecified atom stereocenters. The maximum Gasteiger partial charge on any atom is 0.264 e. The van der Waals surface area contributed by atoms with E-state index in [1.165, 1.54) is 12.1 Å². The van der Waals surface area contributed by atoms with Crippen molar-refractivity contribution in [2.75, 3.05) is 30.9 Å². The molecule has 1 aliphatic rings. The Morgan fingerprint density at radius 3 is 2.90 bits per heavy atom. The lowest BCUT2D eigenvalue weighted by Crippen LogP contribution is -2.39. The van der Waals surface area contributed by atoms with Gasteiger partial charge in [-0.2, -0.15) is 8.42 Å². The normalized spacial score (nSPS) is 19.0. The number of hydrogen-bond donors (Lipinski definition) is 0. The summed E-state index contributed by atoms with van der Waals surface area (Å²) < 4.78 is 45.4. The van der Waals surface area contributed by atoms with Crippen molar-refractivity contribution in [3.63, 3.8) is 0 Å². The number of nitrogens with zero attached hydrogens (tertiary/aromatic N) is 1. The van der Waals surface area contributed by atoms with E-state index in [2.05, 4.69) is 20.1 Å². The first-order valence-electron chi connectivity index (χ1n) is 5.98. The molecule has 0 spiro atoms. The van der Waals surface area contributed by atoms with Gasteiger partial charge in [0.05, 0.1) is 17.3 Å². The first kappa shape index (κ1) is 16.3. The molecule has 6 nitrogen and oxygen atoms in total. The minimum absolute atomic E-state index is 0.285. The van der Waals surface area contributed by atoms with E-state index < -0.39 is 34.6 Å². The number of rotatable bonds is 5. The zero-order valence-electron chi connectivity index (χ0n) is 11.1. The molecule has 0 radical (unpaired) electrons. The molecule has 9 heteroatoms. The van der Waals surface area contributed by atoms with Crippen LogP contribution < -0.4 is 4.90 Å². The minimum Gasteiger partial charge on any atom is -0.349 e. The van der Waals surface area contributed by atoms with Gasteiger partial charge in [-0.1, -0.05) is 0 Å². The fourth-order valence-electron chi connectivity index (χ4n) is 1.90. The van der Waals surface area contributed by atoms with Crippen LogP contribution in [0.4, 0.5) is 10.1 Å². The lowest BCUT2D eigenvalue weighted by Gasteiger charge is -2.24. The molecular weight excluding hydrogens is 369 g/mol. The standard InChI is InChI=1S/C12H13BrFNO5S/c1-21(17,18)20-7-11(16)12-15(4-5-19-12)8-2-3-9(13)10(14)6-8/h2-3,6,12H,4-5,7H2,1H3. The van der Waals surface area contributed by atoms with Gasteiger partial charge in [-0.15, -0.1) is 0 Å². The van der Waals surface area contributed by atoms with Gasteiger partial charge in [0.2, 0.25) is 5.78 Å². The number of benzene rings is 1. The van der Waals surface area contributed by atoms with Gasteiger partial charge in [0, 0.05) is 12.2 Å². The quantitative estimate of drug-likeness (QED) is 0.715. The number of carbonyl (C=O) groups excluding carboxylic acids is 1. The monoisotopic (exact) mass is 381 g/mol. The van der Waals surface area contributed by atoms with Crippen LogP contribution in [0.25, 0.3) is 0 Å². The first-order valence-corrected chi connectivity index (χ1v) is 8.59. The highest BCUT2D eigenvalue weighted by Crippen LogP contribution is 2.26. The summed E-state index contributed by atoms with van der Waals surface area (Å²) in [6.45, 7) is 0.0718. The van der Waals surface area contributed by atoms with Crippen LogP contribution in [-0.2, 0) is 23.8 Å². The lowest BCUT2D eigenvalue weighted by molar-refractivity contribution is -0.129. The maximum atomic E-state index is 13.6. The number of halogens is 2. The highest BCUT2D eigenvalue weighted by molar-refractivity contribution is 9.10. The largest absolute Gasteiger partial charge is 0.349 e. The summed E-state index contributed by atoms with van der Waals surface area (Å²) in [5, 5.41) is 0. The fraction of sp³-hybridized carbons (Fsp3) is 0.417. The zero-order valence-corrected chi connectivity index (χ0v) is 13.5. The second-order valence-electron chi connectivity index (χ2n) is 4.45. The molecule has 0 amide bonds. The van der Waals surface area contributed by atoms with E-state index in [9.17, 15) is 17.6 Å². The fourth-order valence-corrected chi connectivity index (χ4v) is 2.48. The summed E-state index contributed by atoms with van der Waals surface area (Å²) in [6.07, 6.45) is -0.121. The van der Waals surface area contributed by atoms with Crippen LogP contribution in [-0.4, -0.2) is 46.4 Å². The highest BCUT2D eigenvalue weighted by Gasteiger charge is 2.32. The van der Waals surface area contributed by atoms with Crippen LogP contribution in [0.3, 0.4) is 0 Å². The van der Waals surface area contributed by atoms with Crippen molar-refractivity contribution < 1.29 is 26.5 Å². The van der Waals surface area contributed by atoms with Crippen molar-refractivity contribution in [3.05, 3.63) is 28.5 Å². The number of anilines is 1. The Balaban J connectivity index is 2.12. The third-order valence-corrected chi connectivity index (χ3v) is 4.01. The van der Waals surface area contributed by atoms with Crippen LogP contribution in [0.15, 0.2) is 22.7 Å². The molecule has 0 aliphatic carbocycles. The van der Waals surface area contributed by atoms with E-state index in [0.717, 1.165) is 6.26 Å². The summed E-state index contributed by atoms with van der Waals surface area (Å²) in [5.41, 5.74) is 0.478. The Labute approximate surface area is 130 Å². The summed E-state index contributed by atoms with van der Waals surface area (Å²) >= 11 is 3.05. The average Bonchev–Trinajstić information content (AvgIpc) is 2.87. The smallest absolute Gasteiger partial charge is 0.264 e. The maximum absolute atomic E-state index is 13.6. The Bertz CT molecular complexity index is 651. The molecule has 1 aliphatic heterocycles. The van der Waals surface area contributed by atoms with E-state index in [0.29, 0.717) is 16.7 Å². The van der Waals surface area contributed by atoms with Crippen LogP contribution >= 0.6 is 15.9 Å². The molecule has 116 valence electrons. The Kier molecular flexibility index (Phi) is 4.97. The zero-order chi connectivity index (χ0) is 15.6.